The Morgan fingerprint density at radius 1 is 1.20 bits per heavy atom. The third kappa shape index (κ3) is 6.22. The van der Waals surface area contributed by atoms with E-state index in [4.69, 9.17) is 21.1 Å². The maximum atomic E-state index is 12.9. The van der Waals surface area contributed by atoms with Gasteiger partial charge in [-0.2, -0.15) is 0 Å². The van der Waals surface area contributed by atoms with E-state index in [2.05, 4.69) is 11.4 Å². The van der Waals surface area contributed by atoms with Crippen molar-refractivity contribution < 1.29 is 17.9 Å². The van der Waals surface area contributed by atoms with Crippen LogP contribution in [0.25, 0.3) is 0 Å². The summed E-state index contributed by atoms with van der Waals surface area (Å²) in [6, 6.07) is 14.3. The molecule has 0 amide bonds. The molecule has 8 heteroatoms. The third-order valence-electron chi connectivity index (χ3n) is 4.78. The second-order valence-corrected chi connectivity index (χ2v) is 9.45. The molecule has 6 nitrogen and oxygen atoms in total. The zero-order valence-corrected chi connectivity index (χ0v) is 18.5. The fourth-order valence-electron chi connectivity index (χ4n) is 3.05. The van der Waals surface area contributed by atoms with Gasteiger partial charge in [0.2, 0.25) is 10.0 Å². The number of halogens is 1. The number of ether oxygens (including phenoxy) is 2. The van der Waals surface area contributed by atoms with Gasteiger partial charge in [-0.15, -0.1) is 0 Å². The van der Waals surface area contributed by atoms with Crippen molar-refractivity contribution >= 4 is 27.3 Å². The Labute approximate surface area is 183 Å². The summed E-state index contributed by atoms with van der Waals surface area (Å²) in [5.41, 5.74) is 0.760. The van der Waals surface area contributed by atoms with E-state index in [0.29, 0.717) is 32.7 Å². The van der Waals surface area contributed by atoms with E-state index in [1.54, 1.807) is 25.2 Å². The number of nitrogens with one attached hydrogen (secondary N) is 1. The molecule has 0 radical (unpaired) electrons. The van der Waals surface area contributed by atoms with Crippen LogP contribution in [-0.4, -0.2) is 52.2 Å². The molecule has 2 aromatic rings. The van der Waals surface area contributed by atoms with Crippen LogP contribution in [0.1, 0.15) is 12.8 Å². The van der Waals surface area contributed by atoms with E-state index in [1.165, 1.54) is 4.31 Å². The summed E-state index contributed by atoms with van der Waals surface area (Å²) in [4.78, 5) is 0.0954. The molecular weight excluding hydrogens is 424 g/mol. The van der Waals surface area contributed by atoms with Crippen LogP contribution in [0, 0.1) is 0 Å². The minimum atomic E-state index is -3.68. The van der Waals surface area contributed by atoms with Crippen LogP contribution in [0.3, 0.4) is 0 Å². The number of para-hydroxylation sites is 1. The molecule has 3 rings (SSSR count). The van der Waals surface area contributed by atoms with Gasteiger partial charge in [0, 0.05) is 25.8 Å². The molecule has 0 fully saturated rings. The highest BCUT2D eigenvalue weighted by molar-refractivity contribution is 7.89. The SMILES string of the molecule is CN(CCCOc1ccccc1)S(=O)(=O)c1ccc(NCC2CC=CCO2)cc1Cl. The highest BCUT2D eigenvalue weighted by Crippen LogP contribution is 2.27. The Kier molecular flexibility index (Phi) is 8.16. The summed E-state index contributed by atoms with van der Waals surface area (Å²) < 4.78 is 38.3. The molecule has 0 saturated carbocycles. The third-order valence-corrected chi connectivity index (χ3v) is 7.12. The van der Waals surface area contributed by atoms with Crippen LogP contribution in [0.5, 0.6) is 5.75 Å². The van der Waals surface area contributed by atoms with Crippen LogP contribution in [-0.2, 0) is 14.8 Å². The zero-order valence-electron chi connectivity index (χ0n) is 17.0. The maximum Gasteiger partial charge on any atom is 0.244 e. The van der Waals surface area contributed by atoms with Crippen molar-refractivity contribution in [1.82, 2.24) is 4.31 Å². The van der Waals surface area contributed by atoms with Gasteiger partial charge in [0.15, 0.2) is 0 Å². The lowest BCUT2D eigenvalue weighted by Gasteiger charge is -2.21. The first-order valence-corrected chi connectivity index (χ1v) is 11.7. The average Bonchev–Trinajstić information content (AvgIpc) is 2.76. The topological polar surface area (TPSA) is 67.9 Å². The van der Waals surface area contributed by atoms with E-state index in [9.17, 15) is 8.42 Å². The number of benzene rings is 2. The normalized spacial score (nSPS) is 16.6. The van der Waals surface area contributed by atoms with Crippen molar-refractivity contribution in [3.8, 4) is 5.75 Å². The average molecular weight is 451 g/mol. The number of anilines is 1. The van der Waals surface area contributed by atoms with E-state index in [1.807, 2.05) is 36.4 Å². The lowest BCUT2D eigenvalue weighted by molar-refractivity contribution is 0.0775. The van der Waals surface area contributed by atoms with Gasteiger partial charge in [-0.1, -0.05) is 42.0 Å². The molecule has 0 saturated heterocycles. The van der Waals surface area contributed by atoms with Gasteiger partial charge in [0.05, 0.1) is 24.3 Å². The molecule has 162 valence electrons. The van der Waals surface area contributed by atoms with Crippen LogP contribution >= 0.6 is 11.6 Å². The van der Waals surface area contributed by atoms with E-state index in [-0.39, 0.29) is 16.0 Å². The summed E-state index contributed by atoms with van der Waals surface area (Å²) >= 11 is 6.31. The predicted molar refractivity (Wildman–Crippen MR) is 120 cm³/mol. The minimum Gasteiger partial charge on any atom is -0.494 e. The fourth-order valence-corrected chi connectivity index (χ4v) is 4.78. The zero-order chi connectivity index (χ0) is 21.4. The molecule has 0 spiro atoms. The van der Waals surface area contributed by atoms with Crippen LogP contribution in [0.2, 0.25) is 5.02 Å². The van der Waals surface area contributed by atoms with Crippen molar-refractivity contribution in [2.45, 2.75) is 23.8 Å². The lowest BCUT2D eigenvalue weighted by Crippen LogP contribution is -2.29. The number of nitrogens with zero attached hydrogens (tertiary/aromatic N) is 1. The van der Waals surface area contributed by atoms with Gasteiger partial charge >= 0.3 is 0 Å². The van der Waals surface area contributed by atoms with Gasteiger partial charge in [-0.05, 0) is 43.2 Å². The molecule has 1 aliphatic rings. The standard InChI is InChI=1S/C22H27ClN2O4S/c1-25(13-7-15-28-19-8-3-2-4-9-19)30(26,27)22-12-11-18(16-21(22)23)24-17-20-10-5-6-14-29-20/h2-6,8-9,11-12,16,20,24H,7,10,13-15,17H2,1H3. The Morgan fingerprint density at radius 2 is 2.00 bits per heavy atom. The second-order valence-electron chi connectivity index (χ2n) is 7.03. The molecule has 0 aliphatic carbocycles. The predicted octanol–water partition coefficient (Wildman–Crippen LogP) is 4.19. The highest BCUT2D eigenvalue weighted by atomic mass is 35.5. The molecular formula is C22H27ClN2O4S. The van der Waals surface area contributed by atoms with Crippen molar-refractivity contribution in [2.24, 2.45) is 0 Å². The highest BCUT2D eigenvalue weighted by Gasteiger charge is 2.23. The Morgan fingerprint density at radius 3 is 2.70 bits per heavy atom. The Bertz CT molecular complexity index is 951. The number of sulfonamides is 1. The molecule has 2 aromatic carbocycles. The van der Waals surface area contributed by atoms with Crippen molar-refractivity contribution in [1.29, 1.82) is 0 Å². The number of rotatable bonds is 10. The Balaban J connectivity index is 1.52. The maximum absolute atomic E-state index is 12.9. The van der Waals surface area contributed by atoms with Gasteiger partial charge in [-0.3, -0.25) is 0 Å². The molecule has 0 bridgehead atoms. The first-order chi connectivity index (χ1) is 14.5. The van der Waals surface area contributed by atoms with E-state index >= 15 is 0 Å². The fraction of sp³-hybridized carbons (Fsp3) is 0.364. The number of hydrogen-bond donors (Lipinski definition) is 1. The van der Waals surface area contributed by atoms with Crippen molar-refractivity contribution in [2.75, 3.05) is 38.7 Å². The van der Waals surface area contributed by atoms with E-state index in [0.717, 1.165) is 17.9 Å². The minimum absolute atomic E-state index is 0.0954. The molecule has 1 unspecified atom stereocenters. The summed E-state index contributed by atoms with van der Waals surface area (Å²) in [6.45, 7) is 2.01. The summed E-state index contributed by atoms with van der Waals surface area (Å²) in [5.74, 6) is 0.767. The summed E-state index contributed by atoms with van der Waals surface area (Å²) in [5, 5.41) is 3.44. The molecule has 1 N–H and O–H groups in total. The largest absolute Gasteiger partial charge is 0.494 e. The first kappa shape index (κ1) is 22.6. The molecule has 1 aliphatic heterocycles. The number of hydrogen-bond acceptors (Lipinski definition) is 5. The van der Waals surface area contributed by atoms with Crippen LogP contribution < -0.4 is 10.1 Å². The van der Waals surface area contributed by atoms with Crippen molar-refractivity contribution in [3.63, 3.8) is 0 Å². The Hall–Kier alpha value is -2.06. The van der Waals surface area contributed by atoms with Gasteiger partial charge < -0.3 is 14.8 Å². The van der Waals surface area contributed by atoms with Gasteiger partial charge in [-0.25, -0.2) is 12.7 Å². The molecule has 0 aromatic heterocycles. The van der Waals surface area contributed by atoms with Gasteiger partial charge in [0.25, 0.3) is 0 Å². The van der Waals surface area contributed by atoms with Crippen LogP contribution in [0.15, 0.2) is 65.6 Å². The molecule has 1 heterocycles. The quantitative estimate of drug-likeness (QED) is 0.434. The summed E-state index contributed by atoms with van der Waals surface area (Å²) in [6.07, 6.45) is 5.61. The van der Waals surface area contributed by atoms with Crippen LogP contribution in [0.4, 0.5) is 5.69 Å². The summed E-state index contributed by atoms with van der Waals surface area (Å²) in [7, 11) is -2.13. The lowest BCUT2D eigenvalue weighted by atomic mass is 10.2. The molecule has 1 atom stereocenters. The molecule has 30 heavy (non-hydrogen) atoms. The first-order valence-electron chi connectivity index (χ1n) is 9.91. The van der Waals surface area contributed by atoms with Gasteiger partial charge in [0.1, 0.15) is 10.6 Å². The smallest absolute Gasteiger partial charge is 0.244 e. The monoisotopic (exact) mass is 450 g/mol. The second kappa shape index (κ2) is 10.8. The van der Waals surface area contributed by atoms with Crippen molar-refractivity contribution in [3.05, 3.63) is 65.7 Å². The van der Waals surface area contributed by atoms with E-state index < -0.39 is 10.0 Å².